The highest BCUT2D eigenvalue weighted by Crippen LogP contribution is 2.30. The van der Waals surface area contributed by atoms with Gasteiger partial charge in [0, 0.05) is 0 Å². The number of pyridine rings is 1. The highest BCUT2D eigenvalue weighted by molar-refractivity contribution is 9.10. The molecule has 20 heavy (non-hydrogen) atoms. The number of nitrogens with zero attached hydrogens (tertiary/aromatic N) is 1. The van der Waals surface area contributed by atoms with Crippen LogP contribution in [0.5, 0.6) is 0 Å². The number of aryl methyl sites for hydroxylation is 1. The van der Waals surface area contributed by atoms with Crippen molar-refractivity contribution in [3.63, 3.8) is 0 Å². The zero-order valence-electron chi connectivity index (χ0n) is 11.1. The lowest BCUT2D eigenvalue weighted by atomic mass is 10.0. The minimum Gasteiger partial charge on any atom is -0.324 e. The molecule has 0 radical (unpaired) electrons. The summed E-state index contributed by atoms with van der Waals surface area (Å²) in [4.78, 5) is 24.7. The largest absolute Gasteiger partial charge is 0.324 e. The quantitative estimate of drug-likeness (QED) is 0.871. The van der Waals surface area contributed by atoms with Crippen molar-refractivity contribution >= 4 is 21.8 Å². The van der Waals surface area contributed by atoms with E-state index in [9.17, 15) is 9.59 Å². The summed E-state index contributed by atoms with van der Waals surface area (Å²) in [7, 11) is 0. The summed E-state index contributed by atoms with van der Waals surface area (Å²) in [6.07, 6.45) is 0. The average molecular weight is 333 g/mol. The van der Waals surface area contributed by atoms with Gasteiger partial charge in [0.1, 0.15) is 11.4 Å². The van der Waals surface area contributed by atoms with Crippen molar-refractivity contribution in [2.45, 2.75) is 19.5 Å². The molecule has 1 N–H and O–H groups in total. The first-order valence-corrected chi connectivity index (χ1v) is 7.05. The van der Waals surface area contributed by atoms with Gasteiger partial charge in [-0.25, -0.2) is 0 Å². The molecule has 2 heterocycles. The molecule has 1 unspecified atom stereocenters. The van der Waals surface area contributed by atoms with E-state index in [0.29, 0.717) is 10.2 Å². The third-order valence-corrected chi connectivity index (χ3v) is 4.27. The molecule has 1 aromatic carbocycles. The number of rotatable bonds is 1. The minimum atomic E-state index is -0.862. The Labute approximate surface area is 124 Å². The maximum atomic E-state index is 12.5. The van der Waals surface area contributed by atoms with Crippen LogP contribution in [0.15, 0.2) is 45.7 Å². The Hall–Kier alpha value is -1.88. The fraction of sp³-hybridized carbons (Fsp3) is 0.200. The van der Waals surface area contributed by atoms with Gasteiger partial charge in [0.2, 0.25) is 0 Å². The van der Waals surface area contributed by atoms with Crippen molar-refractivity contribution in [2.75, 3.05) is 0 Å². The van der Waals surface area contributed by atoms with Gasteiger partial charge in [-0.05, 0) is 47.0 Å². The second-order valence-corrected chi connectivity index (χ2v) is 5.91. The van der Waals surface area contributed by atoms with Gasteiger partial charge in [0.15, 0.2) is 0 Å². The third kappa shape index (κ3) is 1.66. The summed E-state index contributed by atoms with van der Waals surface area (Å²) in [5.74, 6) is -0.224. The number of halogens is 1. The summed E-state index contributed by atoms with van der Waals surface area (Å²) in [5, 5.41) is 2.92. The van der Waals surface area contributed by atoms with Gasteiger partial charge in [-0.1, -0.05) is 30.3 Å². The first-order chi connectivity index (χ1) is 9.45. The Kier molecular flexibility index (Phi) is 2.83. The van der Waals surface area contributed by atoms with E-state index in [0.717, 1.165) is 11.1 Å². The second-order valence-electron chi connectivity index (χ2n) is 5.06. The van der Waals surface area contributed by atoms with E-state index < -0.39 is 5.66 Å². The van der Waals surface area contributed by atoms with Crippen molar-refractivity contribution in [1.29, 1.82) is 0 Å². The lowest BCUT2D eigenvalue weighted by molar-refractivity contribution is 0.0941. The van der Waals surface area contributed by atoms with Crippen LogP contribution in [0.25, 0.3) is 0 Å². The summed E-state index contributed by atoms with van der Waals surface area (Å²) >= 11 is 3.27. The number of benzene rings is 1. The fourth-order valence-electron chi connectivity index (χ4n) is 2.71. The zero-order chi connectivity index (χ0) is 14.5. The van der Waals surface area contributed by atoms with Crippen LogP contribution in [-0.4, -0.2) is 10.5 Å². The van der Waals surface area contributed by atoms with Crippen LogP contribution >= 0.6 is 15.9 Å². The Morgan fingerprint density at radius 3 is 2.50 bits per heavy atom. The number of amides is 1. The maximum Gasteiger partial charge on any atom is 0.270 e. The molecule has 0 saturated carbocycles. The molecule has 3 rings (SSSR count). The van der Waals surface area contributed by atoms with Gasteiger partial charge in [0.05, 0.1) is 4.47 Å². The van der Waals surface area contributed by atoms with E-state index in [2.05, 4.69) is 21.2 Å². The standard InChI is InChI=1S/C15H13BrN2O2/c1-9-8-11(16)14(20)18-12(9)13(19)17-15(18,2)10-6-4-3-5-7-10/h3-8H,1-2H3,(H,17,19). The summed E-state index contributed by atoms with van der Waals surface area (Å²) in [5.41, 5.74) is 0.986. The monoisotopic (exact) mass is 332 g/mol. The van der Waals surface area contributed by atoms with Gasteiger partial charge < -0.3 is 5.32 Å². The summed E-state index contributed by atoms with van der Waals surface area (Å²) in [6.45, 7) is 3.66. The van der Waals surface area contributed by atoms with E-state index >= 15 is 0 Å². The van der Waals surface area contributed by atoms with E-state index in [1.54, 1.807) is 6.07 Å². The molecule has 0 bridgehead atoms. The predicted octanol–water partition coefficient (Wildman–Crippen LogP) is 2.38. The lowest BCUT2D eigenvalue weighted by Crippen LogP contribution is -2.45. The second kappa shape index (κ2) is 4.31. The van der Waals surface area contributed by atoms with Crippen LogP contribution in [0.4, 0.5) is 0 Å². The van der Waals surface area contributed by atoms with E-state index in [-0.39, 0.29) is 11.5 Å². The van der Waals surface area contributed by atoms with Gasteiger partial charge in [-0.15, -0.1) is 0 Å². The topological polar surface area (TPSA) is 51.1 Å². The SMILES string of the molecule is Cc1cc(Br)c(=O)n2c1C(=O)NC2(C)c1ccccc1. The number of carbonyl (C=O) groups is 1. The first kappa shape index (κ1) is 13.1. The van der Waals surface area contributed by atoms with Gasteiger partial charge in [0.25, 0.3) is 11.5 Å². The lowest BCUT2D eigenvalue weighted by Gasteiger charge is -2.27. The van der Waals surface area contributed by atoms with Gasteiger partial charge in [-0.2, -0.15) is 0 Å². The van der Waals surface area contributed by atoms with Crippen LogP contribution in [0.2, 0.25) is 0 Å². The van der Waals surface area contributed by atoms with Crippen LogP contribution in [-0.2, 0) is 5.66 Å². The number of hydrogen-bond acceptors (Lipinski definition) is 2. The highest BCUT2D eigenvalue weighted by atomic mass is 79.9. The normalized spacial score (nSPS) is 20.6. The minimum absolute atomic E-state index is 0.213. The Morgan fingerprint density at radius 2 is 1.85 bits per heavy atom. The average Bonchev–Trinajstić information content (AvgIpc) is 2.70. The van der Waals surface area contributed by atoms with Crippen LogP contribution < -0.4 is 10.9 Å². The molecule has 2 aromatic rings. The van der Waals surface area contributed by atoms with Crippen LogP contribution in [0.3, 0.4) is 0 Å². The Balaban J connectivity index is 2.37. The first-order valence-electron chi connectivity index (χ1n) is 6.26. The number of hydrogen-bond donors (Lipinski definition) is 1. The molecule has 1 aromatic heterocycles. The van der Waals surface area contributed by atoms with Crippen LogP contribution in [0, 0.1) is 6.92 Å². The number of carbonyl (C=O) groups excluding carboxylic acids is 1. The number of nitrogens with one attached hydrogen (secondary N) is 1. The molecule has 5 heteroatoms. The molecule has 4 nitrogen and oxygen atoms in total. The molecule has 1 aliphatic heterocycles. The predicted molar refractivity (Wildman–Crippen MR) is 79.8 cm³/mol. The van der Waals surface area contributed by atoms with E-state index in [4.69, 9.17) is 0 Å². The molecular formula is C15H13BrN2O2. The highest BCUT2D eigenvalue weighted by Gasteiger charge is 2.42. The van der Waals surface area contributed by atoms with E-state index in [1.807, 2.05) is 44.2 Å². The fourth-order valence-corrected chi connectivity index (χ4v) is 3.23. The van der Waals surface area contributed by atoms with Gasteiger partial charge >= 0.3 is 0 Å². The molecule has 1 amide bonds. The van der Waals surface area contributed by atoms with E-state index in [1.165, 1.54) is 4.57 Å². The number of fused-ring (bicyclic) bond motifs is 1. The van der Waals surface area contributed by atoms with Crippen molar-refractivity contribution in [3.05, 3.63) is 68.0 Å². The van der Waals surface area contributed by atoms with Crippen molar-refractivity contribution in [3.8, 4) is 0 Å². The third-order valence-electron chi connectivity index (χ3n) is 3.70. The molecule has 0 aliphatic carbocycles. The molecule has 0 fully saturated rings. The smallest absolute Gasteiger partial charge is 0.270 e. The summed E-state index contributed by atoms with van der Waals surface area (Å²) < 4.78 is 1.99. The van der Waals surface area contributed by atoms with Crippen LogP contribution in [0.1, 0.15) is 28.5 Å². The Bertz CT molecular complexity index is 767. The molecule has 0 saturated heterocycles. The molecule has 1 atom stereocenters. The molecule has 102 valence electrons. The van der Waals surface area contributed by atoms with Crippen molar-refractivity contribution in [2.24, 2.45) is 0 Å². The van der Waals surface area contributed by atoms with Crippen molar-refractivity contribution < 1.29 is 4.79 Å². The number of aromatic nitrogens is 1. The van der Waals surface area contributed by atoms with Crippen molar-refractivity contribution in [1.82, 2.24) is 9.88 Å². The Morgan fingerprint density at radius 1 is 1.20 bits per heavy atom. The summed E-state index contributed by atoms with van der Waals surface area (Å²) in [6, 6.07) is 11.2. The molecule has 0 spiro atoms. The molecular weight excluding hydrogens is 320 g/mol. The maximum absolute atomic E-state index is 12.5. The molecule has 1 aliphatic rings. The van der Waals surface area contributed by atoms with Gasteiger partial charge in [-0.3, -0.25) is 14.2 Å². The zero-order valence-corrected chi connectivity index (χ0v) is 12.7.